The van der Waals surface area contributed by atoms with E-state index >= 15 is 0 Å². The van der Waals surface area contributed by atoms with E-state index < -0.39 is 11.6 Å². The normalized spacial score (nSPS) is 29.4. The van der Waals surface area contributed by atoms with Crippen molar-refractivity contribution in [2.24, 2.45) is 11.8 Å². The number of rotatable bonds is 7. The van der Waals surface area contributed by atoms with Gasteiger partial charge in [0.25, 0.3) is 0 Å². The summed E-state index contributed by atoms with van der Waals surface area (Å²) < 4.78 is 0. The van der Waals surface area contributed by atoms with Crippen LogP contribution in [0.1, 0.15) is 46.0 Å². The van der Waals surface area contributed by atoms with Gasteiger partial charge in [-0.05, 0) is 38.0 Å². The number of carbonyl (C=O) groups is 1. The van der Waals surface area contributed by atoms with E-state index in [1.165, 1.54) is 0 Å². The largest absolute Gasteiger partial charge is 0.481 e. The van der Waals surface area contributed by atoms with Gasteiger partial charge < -0.3 is 20.6 Å². The Morgan fingerprint density at radius 1 is 1.37 bits per heavy atom. The molecule has 4 N–H and O–H groups in total. The van der Waals surface area contributed by atoms with Crippen LogP contribution in [0.25, 0.3) is 0 Å². The molecule has 1 aliphatic carbocycles. The summed E-state index contributed by atoms with van der Waals surface area (Å²) in [4.78, 5) is 10.9. The molecule has 1 aliphatic rings. The highest BCUT2D eigenvalue weighted by Crippen LogP contribution is 2.32. The Kier molecular flexibility index (Phi) is 6.23. The minimum atomic E-state index is -0.797. The smallest absolute Gasteiger partial charge is 0.306 e. The third-order valence-corrected chi connectivity index (χ3v) is 4.20. The molecule has 1 saturated carbocycles. The Morgan fingerprint density at radius 2 is 1.95 bits per heavy atom. The minimum Gasteiger partial charge on any atom is -0.481 e. The maximum atomic E-state index is 10.9. The van der Waals surface area contributed by atoms with E-state index in [4.69, 9.17) is 10.2 Å². The molecule has 19 heavy (non-hydrogen) atoms. The van der Waals surface area contributed by atoms with Crippen molar-refractivity contribution in [3.05, 3.63) is 0 Å². The first kappa shape index (κ1) is 16.4. The number of aliphatic carboxylic acids is 1. The number of nitrogens with one attached hydrogen (secondary N) is 1. The fraction of sp³-hybridized carbons (Fsp3) is 0.929. The minimum absolute atomic E-state index is 0.134. The highest BCUT2D eigenvalue weighted by molar-refractivity contribution is 5.70. The van der Waals surface area contributed by atoms with Gasteiger partial charge in [-0.2, -0.15) is 0 Å². The Hall–Kier alpha value is -0.650. The molecule has 0 aromatic heterocycles. The summed E-state index contributed by atoms with van der Waals surface area (Å²) >= 11 is 0. The van der Waals surface area contributed by atoms with Gasteiger partial charge in [0, 0.05) is 19.2 Å². The van der Waals surface area contributed by atoms with Gasteiger partial charge in [-0.1, -0.05) is 13.8 Å². The van der Waals surface area contributed by atoms with Crippen LogP contribution in [0.2, 0.25) is 0 Å². The van der Waals surface area contributed by atoms with Gasteiger partial charge >= 0.3 is 5.97 Å². The van der Waals surface area contributed by atoms with Crippen LogP contribution >= 0.6 is 0 Å². The molecule has 1 fully saturated rings. The van der Waals surface area contributed by atoms with Crippen LogP contribution in [0.3, 0.4) is 0 Å². The molecule has 0 bridgehead atoms. The van der Waals surface area contributed by atoms with Gasteiger partial charge in [0.05, 0.1) is 11.5 Å². The zero-order valence-corrected chi connectivity index (χ0v) is 11.9. The quantitative estimate of drug-likeness (QED) is 0.555. The molecule has 0 aromatic carbocycles. The lowest BCUT2D eigenvalue weighted by Gasteiger charge is -2.36. The Morgan fingerprint density at radius 3 is 2.37 bits per heavy atom. The van der Waals surface area contributed by atoms with E-state index in [2.05, 4.69) is 19.2 Å². The van der Waals surface area contributed by atoms with E-state index in [-0.39, 0.29) is 18.6 Å². The topological polar surface area (TPSA) is 89.8 Å². The number of hydrogen-bond donors (Lipinski definition) is 4. The number of carboxylic acid groups (broad SMARTS) is 1. The van der Waals surface area contributed by atoms with Crippen LogP contribution in [0.4, 0.5) is 0 Å². The molecule has 0 spiro atoms. The van der Waals surface area contributed by atoms with Crippen LogP contribution in [0, 0.1) is 11.8 Å². The van der Waals surface area contributed by atoms with Gasteiger partial charge in [0.1, 0.15) is 0 Å². The molecule has 0 saturated heterocycles. The summed E-state index contributed by atoms with van der Waals surface area (Å²) in [6.07, 6.45) is 2.81. The summed E-state index contributed by atoms with van der Waals surface area (Å²) in [7, 11) is 0. The van der Waals surface area contributed by atoms with E-state index in [1.54, 1.807) is 0 Å². The molecular formula is C14H27NO4. The number of hydrogen-bond acceptors (Lipinski definition) is 4. The molecule has 112 valence electrons. The molecule has 1 atom stereocenters. The highest BCUT2D eigenvalue weighted by atomic mass is 16.4. The lowest BCUT2D eigenvalue weighted by Crippen LogP contribution is -2.48. The van der Waals surface area contributed by atoms with Gasteiger partial charge in [-0.15, -0.1) is 0 Å². The number of aliphatic hydroxyl groups is 2. The monoisotopic (exact) mass is 273 g/mol. The molecule has 1 rings (SSSR count). The Labute approximate surface area is 115 Å². The van der Waals surface area contributed by atoms with Crippen LogP contribution < -0.4 is 5.32 Å². The maximum Gasteiger partial charge on any atom is 0.306 e. The van der Waals surface area contributed by atoms with Crippen LogP contribution in [-0.4, -0.2) is 46.1 Å². The van der Waals surface area contributed by atoms with Crippen LogP contribution in [0.5, 0.6) is 0 Å². The van der Waals surface area contributed by atoms with Crippen molar-refractivity contribution >= 4 is 5.97 Å². The molecule has 1 unspecified atom stereocenters. The van der Waals surface area contributed by atoms with Crippen LogP contribution in [0.15, 0.2) is 0 Å². The molecule has 5 heteroatoms. The molecule has 0 aliphatic heterocycles. The Bertz CT molecular complexity index is 285. The lowest BCUT2D eigenvalue weighted by molar-refractivity contribution is -0.144. The zero-order valence-electron chi connectivity index (χ0n) is 11.9. The van der Waals surface area contributed by atoms with Crippen molar-refractivity contribution in [3.8, 4) is 0 Å². The lowest BCUT2D eigenvalue weighted by atomic mass is 9.78. The van der Waals surface area contributed by atoms with Crippen molar-refractivity contribution in [1.82, 2.24) is 5.32 Å². The predicted octanol–water partition coefficient (Wildman–Crippen LogP) is 0.989. The van der Waals surface area contributed by atoms with E-state index in [1.807, 2.05) is 0 Å². The van der Waals surface area contributed by atoms with Crippen molar-refractivity contribution in [3.63, 3.8) is 0 Å². The van der Waals surface area contributed by atoms with Gasteiger partial charge in [-0.3, -0.25) is 4.79 Å². The molecule has 0 amide bonds. The van der Waals surface area contributed by atoms with E-state index in [0.717, 1.165) is 0 Å². The molecular weight excluding hydrogens is 246 g/mol. The first-order valence-electron chi connectivity index (χ1n) is 7.17. The fourth-order valence-corrected chi connectivity index (χ4v) is 2.71. The summed E-state index contributed by atoms with van der Waals surface area (Å²) in [5.74, 6) is -0.667. The fourth-order valence-electron chi connectivity index (χ4n) is 2.71. The van der Waals surface area contributed by atoms with Gasteiger partial charge in [-0.25, -0.2) is 0 Å². The van der Waals surface area contributed by atoms with Crippen LogP contribution in [-0.2, 0) is 4.79 Å². The number of aliphatic hydroxyl groups excluding tert-OH is 1. The van der Waals surface area contributed by atoms with Gasteiger partial charge in [0.15, 0.2) is 0 Å². The molecule has 0 aromatic rings. The number of carboxylic acids is 1. The second kappa shape index (κ2) is 7.22. The van der Waals surface area contributed by atoms with Crippen molar-refractivity contribution in [2.75, 3.05) is 13.2 Å². The van der Waals surface area contributed by atoms with Crippen molar-refractivity contribution in [1.29, 1.82) is 0 Å². The van der Waals surface area contributed by atoms with Gasteiger partial charge in [0.2, 0.25) is 0 Å². The second-order valence-electron chi connectivity index (χ2n) is 6.08. The summed E-state index contributed by atoms with van der Waals surface area (Å²) in [5.41, 5.74) is -0.797. The Balaban J connectivity index is 2.41. The molecule has 0 heterocycles. The zero-order chi connectivity index (χ0) is 14.5. The average Bonchev–Trinajstić information content (AvgIpc) is 2.34. The van der Waals surface area contributed by atoms with Crippen molar-refractivity contribution in [2.45, 2.75) is 57.6 Å². The predicted molar refractivity (Wildman–Crippen MR) is 72.9 cm³/mol. The highest BCUT2D eigenvalue weighted by Gasteiger charge is 2.36. The SMILES string of the molecule is CC(C)C(CCO)NCC1(O)CCC(C(=O)O)CC1. The summed E-state index contributed by atoms with van der Waals surface area (Å²) in [6.45, 7) is 4.77. The summed E-state index contributed by atoms with van der Waals surface area (Å²) in [6, 6.07) is 0.186. The first-order valence-corrected chi connectivity index (χ1v) is 7.17. The van der Waals surface area contributed by atoms with Crippen molar-refractivity contribution < 1.29 is 20.1 Å². The average molecular weight is 273 g/mol. The third kappa shape index (κ3) is 5.09. The van der Waals surface area contributed by atoms with E-state index in [9.17, 15) is 9.90 Å². The maximum absolute atomic E-state index is 10.9. The molecule has 5 nitrogen and oxygen atoms in total. The molecule has 0 radical (unpaired) electrons. The standard InChI is InChI=1S/C14H27NO4/c1-10(2)12(5-8-16)15-9-14(19)6-3-11(4-7-14)13(17)18/h10-12,15-16,19H,3-9H2,1-2H3,(H,17,18). The third-order valence-electron chi connectivity index (χ3n) is 4.20. The second-order valence-corrected chi connectivity index (χ2v) is 6.08. The van der Waals surface area contributed by atoms with E-state index in [0.29, 0.717) is 44.6 Å². The first-order chi connectivity index (χ1) is 8.88. The summed E-state index contributed by atoms with van der Waals surface area (Å²) in [5, 5.41) is 31.7.